The molecule has 1 atom stereocenters. The summed E-state index contributed by atoms with van der Waals surface area (Å²) in [5.41, 5.74) is 0.733. The van der Waals surface area contributed by atoms with Gasteiger partial charge in [-0.3, -0.25) is 0 Å². The molecule has 2 aromatic rings. The van der Waals surface area contributed by atoms with Crippen LogP contribution in [0.4, 0.5) is 0 Å². The fraction of sp³-hybridized carbons (Fsp3) is 0.429. The Morgan fingerprint density at radius 3 is 1.72 bits per heavy atom. The molecule has 0 bridgehead atoms. The number of hydrogen-bond acceptors (Lipinski definition) is 3. The number of ether oxygens (including phenoxy) is 1. The lowest BCUT2D eigenvalue weighted by atomic mass is 9.76. The molecule has 0 fully saturated rings. The largest absolute Gasteiger partial charge is 0.384 e. The Hall–Kier alpha value is -1.39. The first-order valence-corrected chi connectivity index (χ1v) is 8.71. The van der Waals surface area contributed by atoms with Crippen LogP contribution < -0.4 is 0 Å². The van der Waals surface area contributed by atoms with Crippen molar-refractivity contribution in [1.82, 2.24) is 4.90 Å². The monoisotopic (exact) mass is 363 g/mol. The van der Waals surface area contributed by atoms with E-state index in [0.29, 0.717) is 6.61 Å². The number of halogens is 1. The zero-order valence-corrected chi connectivity index (χ0v) is 16.2. The van der Waals surface area contributed by atoms with Crippen LogP contribution in [-0.2, 0) is 10.3 Å². The van der Waals surface area contributed by atoms with E-state index in [1.165, 1.54) is 0 Å². The standard InChI is InChI=1S/C21H29NO2.ClH/c1-4-22(5-2)16-20(17-24-3)21(23,18-12-8-6-9-13-18)19-14-10-7-11-15-19;/h6-15,20,23H,4-5,16-17H2,1-3H3;1H. The van der Waals surface area contributed by atoms with Crippen LogP contribution in [0.1, 0.15) is 25.0 Å². The molecule has 0 spiro atoms. The zero-order chi connectivity index (χ0) is 17.4. The van der Waals surface area contributed by atoms with Crippen LogP contribution in [0, 0.1) is 5.92 Å². The molecule has 0 heterocycles. The van der Waals surface area contributed by atoms with Crippen molar-refractivity contribution in [3.05, 3.63) is 71.8 Å². The zero-order valence-electron chi connectivity index (χ0n) is 15.4. The summed E-state index contributed by atoms with van der Waals surface area (Å²) >= 11 is 0. The molecule has 0 radical (unpaired) electrons. The smallest absolute Gasteiger partial charge is 0.121 e. The average molecular weight is 364 g/mol. The Morgan fingerprint density at radius 2 is 1.36 bits per heavy atom. The molecule has 0 saturated carbocycles. The molecular weight excluding hydrogens is 334 g/mol. The molecule has 25 heavy (non-hydrogen) atoms. The molecule has 0 saturated heterocycles. The second-order valence-electron chi connectivity index (χ2n) is 6.14. The van der Waals surface area contributed by atoms with E-state index in [1.54, 1.807) is 7.11 Å². The first-order valence-electron chi connectivity index (χ1n) is 8.71. The van der Waals surface area contributed by atoms with Crippen molar-refractivity contribution in [2.24, 2.45) is 5.92 Å². The molecule has 0 aliphatic rings. The van der Waals surface area contributed by atoms with Gasteiger partial charge < -0.3 is 14.7 Å². The lowest BCUT2D eigenvalue weighted by molar-refractivity contribution is -0.0336. The van der Waals surface area contributed by atoms with E-state index in [0.717, 1.165) is 30.8 Å². The third-order valence-electron chi connectivity index (χ3n) is 4.76. The maximum atomic E-state index is 11.9. The Kier molecular flexibility index (Phi) is 9.15. The maximum absolute atomic E-state index is 11.9. The van der Waals surface area contributed by atoms with Crippen LogP contribution in [0.2, 0.25) is 0 Å². The Morgan fingerprint density at radius 1 is 0.920 bits per heavy atom. The summed E-state index contributed by atoms with van der Waals surface area (Å²) in [6.45, 7) is 7.49. The van der Waals surface area contributed by atoms with Crippen molar-refractivity contribution in [2.75, 3.05) is 33.4 Å². The second kappa shape index (κ2) is 10.6. The minimum atomic E-state index is -1.08. The molecule has 3 nitrogen and oxygen atoms in total. The number of methoxy groups -OCH3 is 1. The molecule has 0 amide bonds. The van der Waals surface area contributed by atoms with Gasteiger partial charge in [0.15, 0.2) is 0 Å². The summed E-state index contributed by atoms with van der Waals surface area (Å²) < 4.78 is 5.50. The topological polar surface area (TPSA) is 32.7 Å². The van der Waals surface area contributed by atoms with Gasteiger partial charge in [0.25, 0.3) is 0 Å². The van der Waals surface area contributed by atoms with Crippen molar-refractivity contribution in [2.45, 2.75) is 19.4 Å². The molecule has 2 aromatic carbocycles. The van der Waals surface area contributed by atoms with Crippen molar-refractivity contribution >= 4 is 12.4 Å². The molecule has 0 aliphatic carbocycles. The van der Waals surface area contributed by atoms with E-state index in [4.69, 9.17) is 4.74 Å². The van der Waals surface area contributed by atoms with Crippen molar-refractivity contribution in [3.8, 4) is 0 Å². The average Bonchev–Trinajstić information content (AvgIpc) is 2.66. The summed E-state index contributed by atoms with van der Waals surface area (Å²) in [7, 11) is 1.70. The van der Waals surface area contributed by atoms with Crippen LogP contribution in [-0.4, -0.2) is 43.4 Å². The van der Waals surface area contributed by atoms with Gasteiger partial charge in [-0.2, -0.15) is 0 Å². The van der Waals surface area contributed by atoms with E-state index in [9.17, 15) is 5.11 Å². The summed E-state index contributed by atoms with van der Waals surface area (Å²) in [6.07, 6.45) is 0. The normalized spacial score (nSPS) is 12.7. The highest BCUT2D eigenvalue weighted by atomic mass is 35.5. The van der Waals surface area contributed by atoms with Gasteiger partial charge in [0.2, 0.25) is 0 Å². The predicted octanol–water partition coefficient (Wildman–Crippen LogP) is 3.95. The first kappa shape index (κ1) is 21.7. The van der Waals surface area contributed by atoms with Crippen molar-refractivity contribution < 1.29 is 9.84 Å². The lowest BCUT2D eigenvalue weighted by Gasteiger charge is -2.39. The van der Waals surface area contributed by atoms with Gasteiger partial charge in [-0.25, -0.2) is 0 Å². The van der Waals surface area contributed by atoms with E-state index < -0.39 is 5.60 Å². The predicted molar refractivity (Wildman–Crippen MR) is 106 cm³/mol. The van der Waals surface area contributed by atoms with Crippen LogP contribution in [0.5, 0.6) is 0 Å². The Balaban J connectivity index is 0.00000312. The minimum absolute atomic E-state index is 0. The van der Waals surface area contributed by atoms with Gasteiger partial charge in [-0.15, -0.1) is 12.4 Å². The van der Waals surface area contributed by atoms with Crippen LogP contribution in [0.15, 0.2) is 60.7 Å². The molecule has 0 aliphatic heterocycles. The van der Waals surface area contributed by atoms with Gasteiger partial charge >= 0.3 is 0 Å². The third-order valence-corrected chi connectivity index (χ3v) is 4.76. The Bertz CT molecular complexity index is 548. The molecule has 1 unspecified atom stereocenters. The van der Waals surface area contributed by atoms with E-state index in [2.05, 4.69) is 18.7 Å². The number of rotatable bonds is 9. The van der Waals surface area contributed by atoms with Gasteiger partial charge in [0, 0.05) is 19.6 Å². The maximum Gasteiger partial charge on any atom is 0.121 e. The number of hydrogen-bond donors (Lipinski definition) is 1. The second-order valence-corrected chi connectivity index (χ2v) is 6.14. The van der Waals surface area contributed by atoms with Crippen LogP contribution in [0.25, 0.3) is 0 Å². The molecule has 138 valence electrons. The van der Waals surface area contributed by atoms with Gasteiger partial charge in [0.05, 0.1) is 6.61 Å². The summed E-state index contributed by atoms with van der Waals surface area (Å²) in [6, 6.07) is 19.9. The quantitative estimate of drug-likeness (QED) is 0.732. The highest BCUT2D eigenvalue weighted by Gasteiger charge is 2.40. The van der Waals surface area contributed by atoms with Crippen molar-refractivity contribution in [3.63, 3.8) is 0 Å². The molecule has 1 N–H and O–H groups in total. The number of aliphatic hydroxyl groups is 1. The SMILES string of the molecule is CCN(CC)CC(COC)C(O)(c1ccccc1)c1ccccc1.Cl. The van der Waals surface area contributed by atoms with Crippen LogP contribution in [0.3, 0.4) is 0 Å². The summed E-state index contributed by atoms with van der Waals surface area (Å²) in [5, 5.41) is 11.9. The molecule has 4 heteroatoms. The Labute approximate surface area is 158 Å². The minimum Gasteiger partial charge on any atom is -0.384 e. The summed E-state index contributed by atoms with van der Waals surface area (Å²) in [4.78, 5) is 2.33. The molecule has 0 aromatic heterocycles. The van der Waals surface area contributed by atoms with E-state index in [-0.39, 0.29) is 18.3 Å². The van der Waals surface area contributed by atoms with Gasteiger partial charge in [-0.1, -0.05) is 74.5 Å². The van der Waals surface area contributed by atoms with E-state index in [1.807, 2.05) is 60.7 Å². The number of nitrogens with zero attached hydrogens (tertiary/aromatic N) is 1. The van der Waals surface area contributed by atoms with Crippen LogP contribution >= 0.6 is 12.4 Å². The van der Waals surface area contributed by atoms with Crippen molar-refractivity contribution in [1.29, 1.82) is 0 Å². The highest BCUT2D eigenvalue weighted by molar-refractivity contribution is 5.85. The first-order chi connectivity index (χ1) is 11.7. The fourth-order valence-corrected chi connectivity index (χ4v) is 3.32. The fourth-order valence-electron chi connectivity index (χ4n) is 3.32. The lowest BCUT2D eigenvalue weighted by Crippen LogP contribution is -2.45. The summed E-state index contributed by atoms with van der Waals surface area (Å²) in [5.74, 6) is -0.0628. The van der Waals surface area contributed by atoms with Gasteiger partial charge in [0.1, 0.15) is 5.60 Å². The third kappa shape index (κ3) is 5.05. The van der Waals surface area contributed by atoms with E-state index >= 15 is 0 Å². The highest BCUT2D eigenvalue weighted by Crippen LogP contribution is 2.37. The molecule has 2 rings (SSSR count). The number of benzene rings is 2. The van der Waals surface area contributed by atoms with Gasteiger partial charge in [-0.05, 0) is 24.2 Å². The molecular formula is C21H30ClNO2.